The zero-order chi connectivity index (χ0) is 5.15. The molecule has 0 aromatic rings. The average Bonchev–Trinajstić information content (AvgIpc) is 1.36. The van der Waals surface area contributed by atoms with E-state index in [1.807, 2.05) is 0 Å². The molecule has 0 aromatic heterocycles. The van der Waals surface area contributed by atoms with Crippen molar-refractivity contribution < 1.29 is 39.6 Å². The van der Waals surface area contributed by atoms with Crippen LogP contribution in [0.5, 0.6) is 0 Å². The van der Waals surface area contributed by atoms with Crippen LogP contribution in [0.15, 0.2) is 0 Å². The first-order chi connectivity index (χ1) is 2.64. The van der Waals surface area contributed by atoms with Gasteiger partial charge in [0.25, 0.3) is 0 Å². The van der Waals surface area contributed by atoms with Crippen molar-refractivity contribution in [3.63, 3.8) is 0 Å². The van der Waals surface area contributed by atoms with Crippen molar-refractivity contribution >= 4 is 11.9 Å². The van der Waals surface area contributed by atoms with Gasteiger partial charge in [-0.2, -0.15) is 0 Å². The van der Waals surface area contributed by atoms with E-state index in [1.165, 1.54) is 0 Å². The molecule has 8 heavy (non-hydrogen) atoms. The molecule has 6 heteroatoms. The van der Waals surface area contributed by atoms with E-state index >= 15 is 0 Å². The Morgan fingerprint density at radius 2 is 1.12 bits per heavy atom. The average molecular weight is 351 g/mol. The number of aliphatic carboxylic acids is 2. The number of hydrogen-bond acceptors (Lipinski definition) is 2. The van der Waals surface area contributed by atoms with Crippen LogP contribution >= 0.6 is 0 Å². The van der Waals surface area contributed by atoms with Crippen LogP contribution in [-0.4, -0.2) is 27.6 Å². The van der Waals surface area contributed by atoms with Crippen molar-refractivity contribution in [1.82, 2.24) is 0 Å². The summed E-state index contributed by atoms with van der Waals surface area (Å²) in [5.74, 6) is -3.65. The fourth-order valence-electron chi connectivity index (χ4n) is 0. The summed E-state index contributed by atoms with van der Waals surface area (Å²) < 4.78 is 0. The summed E-state index contributed by atoms with van der Waals surface area (Å²) in [7, 11) is 0. The molecule has 0 rings (SSSR count). The number of carboxylic acids is 2. The maximum absolute atomic E-state index is 9.10. The monoisotopic (exact) mass is 349 g/mol. The molecule has 0 amide bonds. The number of hydrogen-bond donors (Lipinski definition) is 2. The van der Waals surface area contributed by atoms with Crippen LogP contribution in [0.1, 0.15) is 0 Å². The molecule has 5 nitrogen and oxygen atoms in total. The second-order valence-corrected chi connectivity index (χ2v) is 0.610. The van der Waals surface area contributed by atoms with Crippen molar-refractivity contribution in [2.75, 3.05) is 0 Å². The first kappa shape index (κ1) is 15.7. The summed E-state index contributed by atoms with van der Waals surface area (Å²) in [6, 6.07) is 0. The number of carbonyl (C=O) groups is 2. The molecule has 0 atom stereocenters. The summed E-state index contributed by atoms with van der Waals surface area (Å²) >= 11 is 0. The molecule has 0 fully saturated rings. The first-order valence-electron chi connectivity index (χ1n) is 1.11. The van der Waals surface area contributed by atoms with E-state index in [0.29, 0.717) is 0 Å². The summed E-state index contributed by atoms with van der Waals surface area (Å²) in [6.45, 7) is 0. The zero-order valence-electron chi connectivity index (χ0n) is 3.59. The fraction of sp³-hybridized carbons (Fsp3) is 0. The van der Waals surface area contributed by atoms with Gasteiger partial charge in [0.05, 0.1) is 0 Å². The fourth-order valence-corrected chi connectivity index (χ4v) is 0. The Bertz CT molecular complexity index is 76.4. The molecular formula is C2H4AmO5. The molecule has 0 bridgehead atoms. The molecule has 0 spiro atoms. The molecule has 0 unspecified atom stereocenters. The number of carboxylic acid groups (broad SMARTS) is 2. The minimum atomic E-state index is -1.82. The Kier molecular flexibility index (Phi) is 12.3. The largest absolute Gasteiger partial charge is 0.473 e. The van der Waals surface area contributed by atoms with Gasteiger partial charge in [-0.25, -0.2) is 9.59 Å². The molecule has 0 aromatic carbocycles. The Balaban J connectivity index is -0.000000125. The Morgan fingerprint density at radius 1 is 1.00 bits per heavy atom. The van der Waals surface area contributed by atoms with Gasteiger partial charge in [-0.1, -0.05) is 0 Å². The van der Waals surface area contributed by atoms with Gasteiger partial charge < -0.3 is 15.7 Å². The van der Waals surface area contributed by atoms with Crippen LogP contribution in [0, 0.1) is 14.3 Å². The second kappa shape index (κ2) is 6.29. The molecular weight excluding hydrogens is 347 g/mol. The van der Waals surface area contributed by atoms with Crippen LogP contribution in [0.4, 0.5) is 0 Å². The summed E-state index contributed by atoms with van der Waals surface area (Å²) in [4.78, 5) is 18.2. The maximum Gasteiger partial charge on any atom is 0.414 e. The third-order valence-corrected chi connectivity index (χ3v) is 0.183. The van der Waals surface area contributed by atoms with Crippen molar-refractivity contribution in [3.8, 4) is 0 Å². The zero-order valence-corrected chi connectivity index (χ0v) is 6.74. The normalized spacial score (nSPS) is 5.50. The molecule has 0 saturated carbocycles. The smallest absolute Gasteiger partial charge is 0.414 e. The molecule has 0 aliphatic rings. The molecule has 49 valence electrons. The topological polar surface area (TPSA) is 106 Å². The van der Waals surface area contributed by atoms with E-state index in [-0.39, 0.29) is 19.8 Å². The van der Waals surface area contributed by atoms with Crippen molar-refractivity contribution in [3.05, 3.63) is 0 Å². The van der Waals surface area contributed by atoms with Gasteiger partial charge in [-0.05, 0) is 0 Å². The molecule has 4 N–H and O–H groups in total. The van der Waals surface area contributed by atoms with Crippen molar-refractivity contribution in [1.29, 1.82) is 0 Å². The molecule has 1 radical (unpaired) electrons. The quantitative estimate of drug-likeness (QED) is 0.509. The minimum absolute atomic E-state index is 0. The predicted octanol–water partition coefficient (Wildman–Crippen LogP) is -1.67. The third kappa shape index (κ3) is 8.99. The minimum Gasteiger partial charge on any atom is -0.473 e. The summed E-state index contributed by atoms with van der Waals surface area (Å²) in [5.41, 5.74) is 0. The van der Waals surface area contributed by atoms with Gasteiger partial charge in [0.1, 0.15) is 0 Å². The van der Waals surface area contributed by atoms with E-state index < -0.39 is 11.9 Å². The van der Waals surface area contributed by atoms with E-state index in [4.69, 9.17) is 19.8 Å². The Hall–Kier alpha value is -0.710. The van der Waals surface area contributed by atoms with Crippen LogP contribution in [0.2, 0.25) is 0 Å². The summed E-state index contributed by atoms with van der Waals surface area (Å²) in [5, 5.41) is 14.8. The Labute approximate surface area is 52.4 Å². The maximum atomic E-state index is 9.10. The van der Waals surface area contributed by atoms with Gasteiger partial charge >= 0.3 is 11.9 Å². The molecule has 0 aliphatic heterocycles. The number of rotatable bonds is 0. The van der Waals surface area contributed by atoms with E-state index in [9.17, 15) is 0 Å². The first-order valence-corrected chi connectivity index (χ1v) is 1.11. The van der Waals surface area contributed by atoms with E-state index in [2.05, 4.69) is 0 Å². The van der Waals surface area contributed by atoms with Gasteiger partial charge in [-0.3, -0.25) is 0 Å². The van der Waals surface area contributed by atoms with Crippen molar-refractivity contribution in [2.24, 2.45) is 0 Å². The van der Waals surface area contributed by atoms with Crippen LogP contribution in [-0.2, 0) is 9.59 Å². The van der Waals surface area contributed by atoms with E-state index in [1.54, 1.807) is 0 Å². The van der Waals surface area contributed by atoms with E-state index in [0.717, 1.165) is 0 Å². The third-order valence-electron chi connectivity index (χ3n) is 0.183. The van der Waals surface area contributed by atoms with Gasteiger partial charge in [0.15, 0.2) is 0 Å². The molecule has 0 aliphatic carbocycles. The standard InChI is InChI=1S/C2H2O4.Am.H2O/c3-1(4)2(5)6;;/h(H,3,4)(H,5,6);;1H2. The predicted molar refractivity (Wildman–Crippen MR) is 18.9 cm³/mol. The van der Waals surface area contributed by atoms with Crippen LogP contribution < -0.4 is 0 Å². The summed E-state index contributed by atoms with van der Waals surface area (Å²) in [6.07, 6.45) is 0. The van der Waals surface area contributed by atoms with Crippen LogP contribution in [0.3, 0.4) is 0 Å². The van der Waals surface area contributed by atoms with Crippen molar-refractivity contribution in [2.45, 2.75) is 0 Å². The SMILES string of the molecule is O.O=C(O)C(=O)O.[Am]. The van der Waals surface area contributed by atoms with Crippen LogP contribution in [0.25, 0.3) is 0 Å². The second-order valence-electron chi connectivity index (χ2n) is 0.610. The van der Waals surface area contributed by atoms with Gasteiger partial charge in [-0.15, -0.1) is 0 Å². The van der Waals surface area contributed by atoms with Gasteiger partial charge in [0, 0.05) is 14.3 Å². The molecule has 0 saturated heterocycles. The molecule has 0 heterocycles. The van der Waals surface area contributed by atoms with Gasteiger partial charge in [0.2, 0.25) is 0 Å². The Morgan fingerprint density at radius 3 is 1.12 bits per heavy atom.